The average Bonchev–Trinajstić information content (AvgIpc) is 3.37. The molecule has 0 unspecified atom stereocenters. The molecular weight excluding hydrogens is 851 g/mol. The number of carbonyl (C=O) groups is 2. The summed E-state index contributed by atoms with van der Waals surface area (Å²) in [5.74, 6) is -0.881. The third kappa shape index (κ3) is 12.6. The van der Waals surface area contributed by atoms with Crippen molar-refractivity contribution in [2.24, 2.45) is 5.11 Å². The Morgan fingerprint density at radius 3 is 1.67 bits per heavy atom. The van der Waals surface area contributed by atoms with Gasteiger partial charge >= 0.3 is 11.9 Å². The fraction of sp³-hybridized carbons (Fsp3) is 0.360. The van der Waals surface area contributed by atoms with Crippen LogP contribution in [0.25, 0.3) is 10.4 Å². The Morgan fingerprint density at radius 1 is 0.591 bits per heavy atom. The van der Waals surface area contributed by atoms with Crippen LogP contribution in [-0.2, 0) is 78.6 Å². The molecular formula is C50H53N3O13. The van der Waals surface area contributed by atoms with Crippen molar-refractivity contribution in [1.82, 2.24) is 0 Å². The summed E-state index contributed by atoms with van der Waals surface area (Å²) in [6.45, 7) is 0.379. The molecule has 2 heterocycles. The number of hydrogen-bond donors (Lipinski definition) is 0. The molecule has 0 spiro atoms. The average molecular weight is 904 g/mol. The second-order valence-corrected chi connectivity index (χ2v) is 15.4. The molecule has 2 saturated heterocycles. The molecule has 0 amide bonds. The summed E-state index contributed by atoms with van der Waals surface area (Å²) in [4.78, 5) is 30.8. The molecule has 5 aromatic rings. The molecule has 10 atom stereocenters. The van der Waals surface area contributed by atoms with Crippen molar-refractivity contribution in [2.45, 2.75) is 87.8 Å². The molecule has 7 rings (SSSR count). The van der Waals surface area contributed by atoms with Crippen molar-refractivity contribution in [3.63, 3.8) is 0 Å². The van der Waals surface area contributed by atoms with E-state index in [0.717, 1.165) is 22.3 Å². The van der Waals surface area contributed by atoms with Crippen LogP contribution < -0.4 is 4.74 Å². The zero-order chi connectivity index (χ0) is 46.1. The highest BCUT2D eigenvalue weighted by Gasteiger charge is 2.56. The quantitative estimate of drug-likeness (QED) is 0.0305. The number of azide groups is 1. The van der Waals surface area contributed by atoms with Gasteiger partial charge in [-0.3, -0.25) is 0 Å². The predicted molar refractivity (Wildman–Crippen MR) is 238 cm³/mol. The summed E-state index contributed by atoms with van der Waals surface area (Å²) in [6, 6.07) is 42.9. The van der Waals surface area contributed by atoms with Gasteiger partial charge in [0.1, 0.15) is 42.3 Å². The van der Waals surface area contributed by atoms with E-state index >= 15 is 0 Å². The van der Waals surface area contributed by atoms with Gasteiger partial charge in [-0.2, -0.15) is 0 Å². The van der Waals surface area contributed by atoms with E-state index in [-0.39, 0.29) is 38.6 Å². The first-order valence-electron chi connectivity index (χ1n) is 21.4. The number of esters is 2. The van der Waals surface area contributed by atoms with Crippen LogP contribution in [0.4, 0.5) is 0 Å². The maximum Gasteiger partial charge on any atom is 0.338 e. The van der Waals surface area contributed by atoms with Crippen molar-refractivity contribution >= 4 is 11.9 Å². The number of carbonyl (C=O) groups excluding carboxylic acids is 2. The topological polar surface area (TPSA) is 184 Å². The molecule has 16 nitrogen and oxygen atoms in total. The first kappa shape index (κ1) is 47.8. The number of methoxy groups -OCH3 is 3. The normalized spacial score (nSPS) is 25.0. The van der Waals surface area contributed by atoms with Crippen LogP contribution in [0.3, 0.4) is 0 Å². The molecule has 346 valence electrons. The maximum absolute atomic E-state index is 13.8. The van der Waals surface area contributed by atoms with Crippen LogP contribution in [0.1, 0.15) is 32.6 Å². The summed E-state index contributed by atoms with van der Waals surface area (Å²) in [6.07, 6.45) is -11.3. The van der Waals surface area contributed by atoms with E-state index in [4.69, 9.17) is 52.1 Å². The van der Waals surface area contributed by atoms with Gasteiger partial charge in [0.25, 0.3) is 0 Å². The van der Waals surface area contributed by atoms with Crippen molar-refractivity contribution in [3.05, 3.63) is 184 Å². The van der Waals surface area contributed by atoms with Crippen LogP contribution in [0, 0.1) is 0 Å². The van der Waals surface area contributed by atoms with E-state index in [9.17, 15) is 15.1 Å². The molecule has 2 fully saturated rings. The van der Waals surface area contributed by atoms with Gasteiger partial charge in [0, 0.05) is 12.0 Å². The molecule has 0 saturated carbocycles. The molecule has 5 aromatic carbocycles. The van der Waals surface area contributed by atoms with Crippen LogP contribution in [0.15, 0.2) is 151 Å². The second kappa shape index (κ2) is 24.4. The smallest absolute Gasteiger partial charge is 0.338 e. The lowest BCUT2D eigenvalue weighted by molar-refractivity contribution is -0.346. The predicted octanol–water partition coefficient (Wildman–Crippen LogP) is 7.53. The van der Waals surface area contributed by atoms with Gasteiger partial charge in [0.15, 0.2) is 24.8 Å². The third-order valence-electron chi connectivity index (χ3n) is 11.1. The number of nitrogens with zero attached hydrogens (tertiary/aromatic N) is 3. The Balaban J connectivity index is 1.28. The van der Waals surface area contributed by atoms with E-state index in [1.54, 1.807) is 37.4 Å². The van der Waals surface area contributed by atoms with Crippen molar-refractivity contribution in [3.8, 4) is 5.75 Å². The number of rotatable bonds is 21. The lowest BCUT2D eigenvalue weighted by atomic mass is 9.94. The summed E-state index contributed by atoms with van der Waals surface area (Å²) in [5, 5.41) is 4.22. The maximum atomic E-state index is 13.8. The lowest BCUT2D eigenvalue weighted by Crippen LogP contribution is -2.66. The molecule has 0 bridgehead atoms. The lowest BCUT2D eigenvalue weighted by Gasteiger charge is -2.48. The fourth-order valence-electron chi connectivity index (χ4n) is 7.72. The Morgan fingerprint density at radius 2 is 1.12 bits per heavy atom. The fourth-order valence-corrected chi connectivity index (χ4v) is 7.72. The minimum absolute atomic E-state index is 0.0135. The first-order chi connectivity index (χ1) is 32.4. The largest absolute Gasteiger partial charge is 0.497 e. The van der Waals surface area contributed by atoms with Gasteiger partial charge in [-0.1, -0.05) is 126 Å². The first-order valence-corrected chi connectivity index (χ1v) is 21.4. The van der Waals surface area contributed by atoms with E-state index in [1.165, 1.54) is 14.2 Å². The number of hydrogen-bond acceptors (Lipinski definition) is 14. The molecule has 66 heavy (non-hydrogen) atoms. The minimum Gasteiger partial charge on any atom is -0.497 e. The van der Waals surface area contributed by atoms with Gasteiger partial charge in [-0.05, 0) is 52.1 Å². The van der Waals surface area contributed by atoms with E-state index in [2.05, 4.69) is 10.0 Å². The summed E-state index contributed by atoms with van der Waals surface area (Å²) < 4.78 is 68.6. The van der Waals surface area contributed by atoms with Crippen LogP contribution in [0.2, 0.25) is 0 Å². The summed E-state index contributed by atoms with van der Waals surface area (Å²) >= 11 is 0. The van der Waals surface area contributed by atoms with E-state index in [0.29, 0.717) is 5.75 Å². The highest BCUT2D eigenvalue weighted by molar-refractivity contribution is 5.89. The molecule has 0 radical (unpaired) electrons. The van der Waals surface area contributed by atoms with Gasteiger partial charge in [-0.25, -0.2) is 9.59 Å². The van der Waals surface area contributed by atoms with Crippen molar-refractivity contribution < 1.29 is 61.7 Å². The van der Waals surface area contributed by atoms with Gasteiger partial charge in [0.2, 0.25) is 0 Å². The number of ether oxygens (including phenoxy) is 11. The van der Waals surface area contributed by atoms with Crippen molar-refractivity contribution in [2.75, 3.05) is 27.9 Å². The Kier molecular flexibility index (Phi) is 17.7. The highest BCUT2D eigenvalue weighted by atomic mass is 16.8. The second-order valence-electron chi connectivity index (χ2n) is 15.4. The van der Waals surface area contributed by atoms with Crippen LogP contribution >= 0.6 is 0 Å². The molecule has 0 N–H and O–H groups in total. The van der Waals surface area contributed by atoms with Crippen molar-refractivity contribution in [1.29, 1.82) is 0 Å². The minimum atomic E-state index is -1.54. The monoisotopic (exact) mass is 903 g/mol. The zero-order valence-corrected chi connectivity index (χ0v) is 36.8. The van der Waals surface area contributed by atoms with Crippen LogP contribution in [-0.4, -0.2) is 101 Å². The third-order valence-corrected chi connectivity index (χ3v) is 11.1. The van der Waals surface area contributed by atoms with Gasteiger partial charge in [-0.15, -0.1) is 0 Å². The standard InChI is InChI=1S/C50H53N3O13/c1-56-38-26-24-36(25-27-38)31-60-41-39(32-59-28-33-16-8-4-9-17-33)63-49(40(52-53-51)42(41)61-29-34-18-10-5-11-19-34)65-44-43(62-30-35-20-12-6-13-21-35)46(50(58-3)66-45(44)48(55)57-2)64-47(54)37-22-14-7-15-23-37/h4-27,39-46,49-50H,28-32H2,1-3H3/t39-,40-,41-,42-,43+,44+,45-,46-,49-,50-/m1/s1. The van der Waals surface area contributed by atoms with Gasteiger partial charge in [0.05, 0.1) is 52.8 Å². The SMILES string of the molecule is COC(=O)[C@@H]1O[C@@H](OC)[C@H](OC(=O)c2ccccc2)[C@@H](OCc2ccccc2)[C@@H]1O[C@H]1O[C@H](COCc2ccccc2)[C@@H](OCc2ccc(OC)cc2)[C@H](OCc2ccccc2)[C@H]1N=[N+]=[N-]. The Labute approximate surface area is 383 Å². The summed E-state index contributed by atoms with van der Waals surface area (Å²) in [7, 11) is 4.14. The molecule has 0 aliphatic carbocycles. The number of benzene rings is 5. The van der Waals surface area contributed by atoms with E-state index in [1.807, 2.05) is 115 Å². The van der Waals surface area contributed by atoms with Crippen LogP contribution in [0.5, 0.6) is 5.75 Å². The molecule has 2 aliphatic rings. The van der Waals surface area contributed by atoms with E-state index < -0.39 is 73.3 Å². The van der Waals surface area contributed by atoms with Gasteiger partial charge < -0.3 is 52.1 Å². The molecule has 0 aromatic heterocycles. The highest BCUT2D eigenvalue weighted by Crippen LogP contribution is 2.37. The molecule has 16 heteroatoms. The summed E-state index contributed by atoms with van der Waals surface area (Å²) in [5.41, 5.74) is 13.8. The Hall–Kier alpha value is -6.17. The zero-order valence-electron chi connectivity index (χ0n) is 36.8. The molecule has 2 aliphatic heterocycles. The Bertz CT molecular complexity index is 2290.